The number of H-pyrrole nitrogens is 2. The first kappa shape index (κ1) is 32.6. The monoisotopic (exact) mass is 596 g/mol. The molecule has 43 heavy (non-hydrogen) atoms. The topological polar surface area (TPSA) is 259 Å². The van der Waals surface area contributed by atoms with Crippen molar-refractivity contribution in [1.29, 1.82) is 0 Å². The third-order valence-electron chi connectivity index (χ3n) is 6.88. The number of nitrogens with one attached hydrogen (secondary N) is 5. The summed E-state index contributed by atoms with van der Waals surface area (Å²) >= 11 is 0. The molecule has 0 saturated carbocycles. The number of guanidine groups is 1. The number of imidazole rings is 1. The average molecular weight is 597 g/mol. The lowest BCUT2D eigenvalue weighted by molar-refractivity contribution is -0.142. The number of hydrogen-bond acceptors (Lipinski definition) is 7. The quantitative estimate of drug-likeness (QED) is 0.0571. The second-order valence-electron chi connectivity index (χ2n) is 10.6. The summed E-state index contributed by atoms with van der Waals surface area (Å²) in [4.78, 5) is 65.5. The van der Waals surface area contributed by atoms with E-state index in [0.29, 0.717) is 18.7 Å². The van der Waals surface area contributed by atoms with E-state index in [-0.39, 0.29) is 25.2 Å². The summed E-state index contributed by atoms with van der Waals surface area (Å²) in [6, 6.07) is 3.14. The van der Waals surface area contributed by atoms with Crippen LogP contribution in [0.3, 0.4) is 0 Å². The zero-order chi connectivity index (χ0) is 31.5. The van der Waals surface area contributed by atoms with Crippen LogP contribution in [-0.4, -0.2) is 80.4 Å². The van der Waals surface area contributed by atoms with E-state index in [1.807, 2.05) is 24.3 Å². The fraction of sp³-hybridized carbons (Fsp3) is 0.429. The number of aliphatic carboxylic acids is 1. The Labute approximate surface area is 248 Å². The molecule has 0 spiro atoms. The van der Waals surface area contributed by atoms with Crippen LogP contribution in [0.4, 0.5) is 0 Å². The van der Waals surface area contributed by atoms with Gasteiger partial charge in [0.25, 0.3) is 0 Å². The van der Waals surface area contributed by atoms with Gasteiger partial charge in [-0.1, -0.05) is 32.0 Å². The maximum atomic E-state index is 13.7. The molecule has 4 unspecified atom stereocenters. The lowest BCUT2D eigenvalue weighted by Gasteiger charge is -2.27. The second kappa shape index (κ2) is 15.3. The van der Waals surface area contributed by atoms with Crippen molar-refractivity contribution in [2.75, 3.05) is 6.54 Å². The third-order valence-corrected chi connectivity index (χ3v) is 6.88. The molecule has 0 saturated heterocycles. The van der Waals surface area contributed by atoms with Gasteiger partial charge in [0.15, 0.2) is 5.96 Å². The van der Waals surface area contributed by atoms with Gasteiger partial charge in [0.05, 0.1) is 12.4 Å². The van der Waals surface area contributed by atoms with E-state index in [2.05, 4.69) is 35.9 Å². The van der Waals surface area contributed by atoms with Crippen molar-refractivity contribution in [3.63, 3.8) is 0 Å². The SMILES string of the molecule is CC(C)C(NC(=O)C(Cc1c[nH]c2ccccc12)NC(=O)C(N)CCCN=C(N)N)C(=O)NC(Cc1cnc[nH]1)C(=O)O. The van der Waals surface area contributed by atoms with E-state index >= 15 is 0 Å². The number of para-hydroxylation sites is 1. The summed E-state index contributed by atoms with van der Waals surface area (Å²) in [6.45, 7) is 3.73. The number of carboxylic acid groups (broad SMARTS) is 1. The molecule has 2 aromatic heterocycles. The van der Waals surface area contributed by atoms with Gasteiger partial charge in [-0.3, -0.25) is 19.4 Å². The zero-order valence-corrected chi connectivity index (χ0v) is 24.2. The standard InChI is InChI=1S/C28H40N10O5/c1-15(2)23(26(41)37-22(27(42)43)11-17-13-32-14-35-17)38-25(40)21(10-16-12-34-20-8-4-3-6-18(16)20)36-24(39)19(29)7-5-9-33-28(30)31/h3-4,6,8,12-15,19,21-23,34H,5,7,9-11,29H2,1-2H3,(H,32,35)(H,36,39)(H,37,41)(H,38,40)(H,42,43)(H4,30,31,33). The van der Waals surface area contributed by atoms with Crippen molar-refractivity contribution in [2.45, 2.75) is 63.7 Å². The van der Waals surface area contributed by atoms with Gasteiger partial charge in [0, 0.05) is 48.4 Å². The number of benzene rings is 1. The van der Waals surface area contributed by atoms with Crippen LogP contribution in [0.2, 0.25) is 0 Å². The maximum absolute atomic E-state index is 13.7. The molecule has 4 atom stereocenters. The number of nitrogens with zero attached hydrogens (tertiary/aromatic N) is 2. The minimum absolute atomic E-state index is 0.0276. The molecular weight excluding hydrogens is 556 g/mol. The Morgan fingerprint density at radius 1 is 0.977 bits per heavy atom. The number of hydrogen-bond donors (Lipinski definition) is 9. The van der Waals surface area contributed by atoms with Gasteiger partial charge >= 0.3 is 5.97 Å². The number of fused-ring (bicyclic) bond motifs is 1. The highest BCUT2D eigenvalue weighted by Crippen LogP contribution is 2.19. The Morgan fingerprint density at radius 2 is 1.70 bits per heavy atom. The molecule has 12 N–H and O–H groups in total. The number of carboxylic acids is 1. The first-order valence-corrected chi connectivity index (χ1v) is 13.9. The van der Waals surface area contributed by atoms with E-state index in [4.69, 9.17) is 17.2 Å². The normalized spacial score (nSPS) is 14.0. The summed E-state index contributed by atoms with van der Waals surface area (Å²) in [6.07, 6.45) is 5.43. The van der Waals surface area contributed by atoms with Gasteiger partial charge in [0.2, 0.25) is 17.7 Å². The number of aromatic nitrogens is 3. The molecule has 15 nitrogen and oxygen atoms in total. The van der Waals surface area contributed by atoms with Crippen molar-refractivity contribution in [3.8, 4) is 0 Å². The average Bonchev–Trinajstić information content (AvgIpc) is 3.62. The molecule has 3 rings (SSSR count). The lowest BCUT2D eigenvalue weighted by atomic mass is 9.99. The highest BCUT2D eigenvalue weighted by atomic mass is 16.4. The molecule has 3 aromatic rings. The van der Waals surface area contributed by atoms with Crippen LogP contribution in [0.5, 0.6) is 0 Å². The van der Waals surface area contributed by atoms with Crippen LogP contribution in [0.25, 0.3) is 10.9 Å². The van der Waals surface area contributed by atoms with Crippen molar-refractivity contribution in [1.82, 2.24) is 30.9 Å². The van der Waals surface area contributed by atoms with E-state index < -0.39 is 53.8 Å². The molecule has 1 aromatic carbocycles. The number of amides is 3. The smallest absolute Gasteiger partial charge is 0.326 e. The summed E-state index contributed by atoms with van der Waals surface area (Å²) < 4.78 is 0. The molecule has 232 valence electrons. The van der Waals surface area contributed by atoms with E-state index in [1.165, 1.54) is 12.5 Å². The van der Waals surface area contributed by atoms with Gasteiger partial charge in [-0.15, -0.1) is 0 Å². The number of rotatable bonds is 16. The van der Waals surface area contributed by atoms with Crippen molar-refractivity contribution in [2.24, 2.45) is 28.1 Å². The maximum Gasteiger partial charge on any atom is 0.326 e. The Kier molecular flexibility index (Phi) is 11.6. The fourth-order valence-electron chi connectivity index (χ4n) is 4.53. The number of carbonyl (C=O) groups is 4. The number of carbonyl (C=O) groups excluding carboxylic acids is 3. The van der Waals surface area contributed by atoms with Gasteiger partial charge < -0.3 is 48.2 Å². The molecule has 2 heterocycles. The Balaban J connectivity index is 1.77. The molecular formula is C28H40N10O5. The highest BCUT2D eigenvalue weighted by molar-refractivity contribution is 5.95. The minimum Gasteiger partial charge on any atom is -0.480 e. The second-order valence-corrected chi connectivity index (χ2v) is 10.6. The summed E-state index contributed by atoms with van der Waals surface area (Å²) in [5.41, 5.74) is 18.9. The van der Waals surface area contributed by atoms with Crippen LogP contribution in [0, 0.1) is 5.92 Å². The molecule has 0 radical (unpaired) electrons. The predicted octanol–water partition coefficient (Wildman–Crippen LogP) is -0.748. The van der Waals surface area contributed by atoms with Crippen LogP contribution >= 0.6 is 0 Å². The molecule has 0 bridgehead atoms. The Bertz CT molecular complexity index is 1410. The van der Waals surface area contributed by atoms with Crippen LogP contribution < -0.4 is 33.2 Å². The number of nitrogens with two attached hydrogens (primary N) is 3. The molecule has 0 aliphatic rings. The number of aliphatic imine (C=N–C) groups is 1. The molecule has 15 heteroatoms. The largest absolute Gasteiger partial charge is 0.480 e. The van der Waals surface area contributed by atoms with Crippen molar-refractivity contribution < 1.29 is 24.3 Å². The Morgan fingerprint density at radius 3 is 2.35 bits per heavy atom. The minimum atomic E-state index is -1.26. The third kappa shape index (κ3) is 9.56. The van der Waals surface area contributed by atoms with Gasteiger partial charge in [-0.05, 0) is 30.4 Å². The van der Waals surface area contributed by atoms with Crippen LogP contribution in [-0.2, 0) is 32.0 Å². The molecule has 0 aliphatic heterocycles. The zero-order valence-electron chi connectivity index (χ0n) is 24.2. The summed E-state index contributed by atoms with van der Waals surface area (Å²) in [5, 5.41) is 18.5. The molecule has 0 fully saturated rings. The highest BCUT2D eigenvalue weighted by Gasteiger charge is 2.32. The molecule has 3 amide bonds. The summed E-state index contributed by atoms with van der Waals surface area (Å²) in [5.74, 6) is -3.57. The number of aromatic amines is 2. The molecule has 0 aliphatic carbocycles. The lowest BCUT2D eigenvalue weighted by Crippen LogP contribution is -2.59. The van der Waals surface area contributed by atoms with Crippen molar-refractivity contribution >= 4 is 40.6 Å². The van der Waals surface area contributed by atoms with E-state index in [9.17, 15) is 24.3 Å². The fourth-order valence-corrected chi connectivity index (χ4v) is 4.53. The van der Waals surface area contributed by atoms with Crippen LogP contribution in [0.1, 0.15) is 37.9 Å². The van der Waals surface area contributed by atoms with Gasteiger partial charge in [-0.25, -0.2) is 9.78 Å². The predicted molar refractivity (Wildman–Crippen MR) is 160 cm³/mol. The van der Waals surface area contributed by atoms with E-state index in [0.717, 1.165) is 16.5 Å². The van der Waals surface area contributed by atoms with Gasteiger partial charge in [0.1, 0.15) is 18.1 Å². The van der Waals surface area contributed by atoms with Gasteiger partial charge in [-0.2, -0.15) is 0 Å². The first-order chi connectivity index (χ1) is 20.5. The Hall–Kier alpha value is -4.92. The van der Waals surface area contributed by atoms with Crippen molar-refractivity contribution in [3.05, 3.63) is 54.2 Å². The van der Waals surface area contributed by atoms with Crippen LogP contribution in [0.15, 0.2) is 48.0 Å². The summed E-state index contributed by atoms with van der Waals surface area (Å²) in [7, 11) is 0. The first-order valence-electron chi connectivity index (χ1n) is 13.9. The van der Waals surface area contributed by atoms with E-state index in [1.54, 1.807) is 20.0 Å².